The first kappa shape index (κ1) is 136. The molecule has 0 bridgehead atoms. The summed E-state index contributed by atoms with van der Waals surface area (Å²) >= 11 is 11.2. The van der Waals surface area contributed by atoms with Crippen molar-refractivity contribution in [1.82, 2.24) is 0 Å². The number of aliphatic hydroxyl groups is 6. The Bertz CT molecular complexity index is 4500. The normalized spacial score (nSPS) is 37.4. The van der Waals surface area contributed by atoms with Gasteiger partial charge in [0.15, 0.2) is 19.7 Å². The summed E-state index contributed by atoms with van der Waals surface area (Å²) in [5.74, 6) is 10.1. The van der Waals surface area contributed by atoms with Crippen LogP contribution in [0.4, 0.5) is 0 Å². The Morgan fingerprint density at radius 2 is 0.792 bits per heavy atom. The standard InChI is InChI=1S/C35H56O4S.C29H44O3S.C29H52O2.C6H11ClO2.C6H13ClO.C6H13NO2.C6H12O.CH4.K.HNO2.Na.H2O/c1-23(30(21-31(36)32(2,3)4)40(38,39)25-11-9-8-10-12-25)27-15-16-28-26-14-13-24-22-33(5,37)19-20-34(24,6)29(26)17-18-35(27,28)7;1-20(19-33(31,32)22-8-6-5-7-9-22)24-12-13-25-23-11-10-21-18-27(2,30)16-17-28(21,3)26(23)14-15-29(24,25)4;1-19(8-13-25(30)26(2,3)4)22-11-12-23-21-10-9-20-18-27(5,31)16-17-28(20,6)24(21)14-15-29(22,23)7;1-6(2,3)4(7)5(8)9;1-6(2,3)5(7)4-8;1-6(2,3)4(7)5(8)9;1-6(2,3)5-4-7-5;;;2-1-3;;/h8-12,23-24,26-31,36-37H,13-22H2,1-7H3;5-9,20-21,23-26,30H,10-19H2,1-4H3;19-25,30-31H,8-18H2,1-7H3;4H,1-3H3,(H,8,9);5,8H,4H2,1-3H3;4H,7H2,1-3H3,(H,8,9);5H,4H2,1-3H3;1H4;;(H,2,3);;1H2/q;;;;;;;;+1;;+1;/p-2/t23-,24-,26-,27+,28-,29-,30?,31-,33-,34-,35+;20-,21+,23+,24-,25+,26+,27+,28+,29-;19-,20+,21+,22-,23+,24+,25+,27+,28+,29-;4-;5-;4-;5-;;;;;/m0111110...../s1. The summed E-state index contributed by atoms with van der Waals surface area (Å²) in [4.78, 5) is 29.3. The Hall–Kier alpha value is -0.464. The zero-order valence-corrected chi connectivity index (χ0v) is 104. The molecule has 20 nitrogen and oxygen atoms in total. The molecule has 0 amide bonds. The van der Waals surface area contributed by atoms with Crippen molar-refractivity contribution in [1.29, 1.82) is 0 Å². The van der Waals surface area contributed by atoms with Gasteiger partial charge in [0.2, 0.25) is 0 Å². The average molecular weight is 2140 g/mol. The van der Waals surface area contributed by atoms with Crippen molar-refractivity contribution < 1.29 is 158 Å². The van der Waals surface area contributed by atoms with Crippen molar-refractivity contribution in [2.24, 2.45) is 183 Å². The summed E-state index contributed by atoms with van der Waals surface area (Å²) in [7, 11) is -6.85. The maximum atomic E-state index is 14.2. The van der Waals surface area contributed by atoms with Gasteiger partial charge in [0, 0.05) is 0 Å². The number of carbonyl (C=O) groups is 2. The van der Waals surface area contributed by atoms with Gasteiger partial charge in [-0.15, -0.1) is 28.5 Å². The molecule has 0 radical (unpaired) electrons. The van der Waals surface area contributed by atoms with E-state index in [4.69, 9.17) is 59.1 Å². The van der Waals surface area contributed by atoms with Crippen molar-refractivity contribution in [3.05, 3.63) is 70.8 Å². The number of nitrogens with two attached hydrogens (primary N) is 1. The van der Waals surface area contributed by atoms with E-state index >= 15 is 0 Å². The van der Waals surface area contributed by atoms with Crippen LogP contribution in [0.3, 0.4) is 0 Å². The molecule has 1 aliphatic heterocycles. The number of hydrogen-bond donors (Lipinski definition) is 9. The first-order valence-electron chi connectivity index (χ1n) is 54.7. The van der Waals surface area contributed by atoms with Crippen LogP contribution in [-0.2, 0) is 34.0 Å². The van der Waals surface area contributed by atoms with Gasteiger partial charge in [-0.25, -0.2) is 16.8 Å². The van der Waals surface area contributed by atoms with Crippen LogP contribution in [0.5, 0.6) is 0 Å². The van der Waals surface area contributed by atoms with Crippen molar-refractivity contribution in [3.63, 3.8) is 0 Å². The zero-order valence-electron chi connectivity index (χ0n) is 95.3. The molecule has 824 valence electrons. The molecule has 2 aromatic rings. The largest absolute Gasteiger partial charge is 1.00 e. The van der Waals surface area contributed by atoms with E-state index in [2.05, 4.69) is 111 Å². The van der Waals surface area contributed by atoms with Crippen LogP contribution in [0.25, 0.3) is 0 Å². The summed E-state index contributed by atoms with van der Waals surface area (Å²) in [5.41, 5.74) is 5.33. The maximum absolute atomic E-state index is 14.2. The Balaban J connectivity index is 0.000000380. The molecule has 12 aliphatic carbocycles. The number of fused-ring (bicyclic) bond motifs is 15. The Morgan fingerprint density at radius 3 is 1.06 bits per heavy atom. The fourth-order valence-corrected chi connectivity index (χ4v) is 35.0. The van der Waals surface area contributed by atoms with Crippen molar-refractivity contribution in [3.8, 4) is 0 Å². The summed E-state index contributed by atoms with van der Waals surface area (Å²) in [6.07, 6.45) is 34.6. The summed E-state index contributed by atoms with van der Waals surface area (Å²) in [5, 5.41) is 86.9. The van der Waals surface area contributed by atoms with E-state index in [0.29, 0.717) is 78.5 Å². The molecule has 0 aromatic heterocycles. The van der Waals surface area contributed by atoms with Crippen molar-refractivity contribution in [2.75, 3.05) is 19.0 Å². The van der Waals surface area contributed by atoms with Gasteiger partial charge in [0.05, 0.1) is 74.5 Å². The van der Waals surface area contributed by atoms with Crippen LogP contribution in [0.15, 0.2) is 75.8 Å². The number of rotatable bonds is 17. The molecule has 11 N–H and O–H groups in total. The van der Waals surface area contributed by atoms with Gasteiger partial charge in [0.1, 0.15) is 11.4 Å². The number of ether oxygens (including phenoxy) is 1. The predicted octanol–water partition coefficient (Wildman–Crippen LogP) is 21.3. The molecular formula is C118H206Cl2KN2NaO18S2. The number of sulfone groups is 2. The zero-order chi connectivity index (χ0) is 106. The molecule has 1 heterocycles. The third-order valence-electron chi connectivity index (χ3n) is 40.7. The minimum absolute atomic E-state index is 0. The van der Waals surface area contributed by atoms with E-state index in [1.165, 1.54) is 128 Å². The van der Waals surface area contributed by atoms with Crippen LogP contribution in [-0.4, -0.2) is 151 Å². The number of epoxide rings is 1. The SMILES string of the molecule is C.CC(C)(C)[C@@H]1CO1.CC(C)(C)[C@H](Cl)C(=O)O.CC(C)(C)[C@H](Cl)CO.CC(C)(C)[C@H](N)C(=O)O.C[C@H](C(C[C@H](O)C(C)(C)C)S(=O)(=O)c1ccccc1)[C@H]1CC[C@H]2[C@@H]3CC[C@H]4C[C@@](C)(O)CC[C@]4(C)[C@H]3CC[C@]12C.C[C@H](CC[C@H](O)C(C)(C)C)[C@H]1CC[C@H]2[C@@H]3CC[C@H]4C[C@@](C)(O)CC[C@]4(C)[C@H]3CC[C@]12C.C[C@H](CS(=O)(=O)c1ccccc1)[C@H]1CC[C@H]2[C@@H]3CC[C@H]4C[C@@](C)(O)CC[C@]4(C)[C@H]3CC[C@]12C.O=N[O-].[K+].[Na+].[OH-]. The van der Waals surface area contributed by atoms with E-state index in [0.717, 1.165) is 129 Å². The monoisotopic (exact) mass is 2140 g/mol. The molecule has 34 atom stereocenters. The van der Waals surface area contributed by atoms with Gasteiger partial charge in [-0.1, -0.05) is 231 Å². The second-order valence-electron chi connectivity index (χ2n) is 56.7. The van der Waals surface area contributed by atoms with E-state index < -0.39 is 71.2 Å². The van der Waals surface area contributed by atoms with Gasteiger partial charge in [-0.05, 0) is 409 Å². The summed E-state index contributed by atoms with van der Waals surface area (Å²) in [6, 6.07) is 17.2. The quantitative estimate of drug-likeness (QED) is 0.0233. The van der Waals surface area contributed by atoms with E-state index in [1.54, 1.807) is 65.8 Å². The molecule has 0 spiro atoms. The number of benzene rings is 2. The van der Waals surface area contributed by atoms with E-state index in [9.17, 15) is 52.0 Å². The number of alkyl halides is 2. The van der Waals surface area contributed by atoms with Crippen LogP contribution in [0.2, 0.25) is 0 Å². The molecule has 2 aromatic carbocycles. The number of halogens is 2. The van der Waals surface area contributed by atoms with Gasteiger partial charge in [-0.2, -0.15) is 0 Å². The smallest absolute Gasteiger partial charge is 0.870 e. The average Bonchev–Trinajstić information content (AvgIpc) is 1.59. The molecular weight excluding hydrogens is 1930 g/mol. The Kier molecular flexibility index (Phi) is 49.4. The molecule has 15 rings (SSSR count). The maximum Gasteiger partial charge on any atom is 1.00 e. The molecule has 13 aliphatic rings. The first-order valence-corrected chi connectivity index (χ1v) is 58.8. The predicted molar refractivity (Wildman–Crippen MR) is 581 cm³/mol. The second-order valence-corrected chi connectivity index (χ2v) is 61.8. The minimum atomic E-state index is -3.60. The fourth-order valence-electron chi connectivity index (χ4n) is 31.2. The van der Waals surface area contributed by atoms with Crippen molar-refractivity contribution >= 4 is 54.8 Å². The first-order chi connectivity index (χ1) is 64.0. The Labute approximate surface area is 950 Å². The fraction of sp³-hybridized carbons (Fsp3) is 0.881. The molecule has 1 saturated heterocycles. The molecule has 1 unspecified atom stereocenters. The number of nitrogens with zero attached hydrogens (tertiary/aromatic N) is 1. The Morgan fingerprint density at radius 1 is 0.465 bits per heavy atom. The molecule has 26 heteroatoms. The van der Waals surface area contributed by atoms with Gasteiger partial charge in [0.25, 0.3) is 0 Å². The third-order valence-corrected chi connectivity index (χ3v) is 46.6. The number of carboxylic acids is 2. The second kappa shape index (κ2) is 52.4. The number of hydrogen-bond acceptors (Lipinski definition) is 18. The van der Waals surface area contributed by atoms with Crippen LogP contribution >= 0.6 is 23.2 Å². The number of aliphatic carboxylic acids is 2. The van der Waals surface area contributed by atoms with Crippen LogP contribution in [0, 0.1) is 182 Å². The molecule has 13 fully saturated rings. The van der Waals surface area contributed by atoms with E-state index in [-0.39, 0.29) is 174 Å². The van der Waals surface area contributed by atoms with Crippen LogP contribution in [0.1, 0.15) is 408 Å². The number of carboxylic acid groups (broad SMARTS) is 2. The van der Waals surface area contributed by atoms with Gasteiger partial charge in [-0.3, -0.25) is 9.59 Å². The van der Waals surface area contributed by atoms with Gasteiger partial charge >= 0.3 is 92.9 Å². The third kappa shape index (κ3) is 32.7. The van der Waals surface area contributed by atoms with E-state index in [1.807, 2.05) is 91.8 Å². The topological polar surface area (TPSA) is 385 Å². The molecule has 144 heavy (non-hydrogen) atoms. The minimum Gasteiger partial charge on any atom is -0.870 e. The number of aliphatic hydroxyl groups excluding tert-OH is 3. The summed E-state index contributed by atoms with van der Waals surface area (Å²) in [6.45, 7) is 65.3. The molecule has 12 saturated carbocycles. The van der Waals surface area contributed by atoms with Gasteiger partial charge < -0.3 is 66.9 Å². The van der Waals surface area contributed by atoms with Crippen LogP contribution < -0.4 is 86.7 Å². The van der Waals surface area contributed by atoms with Crippen molar-refractivity contribution in [2.45, 2.75) is 475 Å². The summed E-state index contributed by atoms with van der Waals surface area (Å²) < 4.78 is 59.7.